The number of carboxylic acid groups (broad SMARTS) is 1. The summed E-state index contributed by atoms with van der Waals surface area (Å²) < 4.78 is 0. The lowest BCUT2D eigenvalue weighted by Crippen LogP contribution is -2.28. The van der Waals surface area contributed by atoms with Crippen LogP contribution in [0.4, 0.5) is 10.8 Å². The highest BCUT2D eigenvalue weighted by molar-refractivity contribution is 7.14. The summed E-state index contributed by atoms with van der Waals surface area (Å²) in [6, 6.07) is 19.4. The molecule has 0 saturated heterocycles. The number of hydrazone groups is 2. The molecule has 0 spiro atoms. The molecule has 3 heterocycles. The molecule has 1 aliphatic rings. The minimum Gasteiger partial charge on any atom is -0.478 e. The van der Waals surface area contributed by atoms with Crippen LogP contribution in [-0.2, 0) is 4.79 Å². The van der Waals surface area contributed by atoms with Crippen LogP contribution < -0.4 is 10.4 Å². The van der Waals surface area contributed by atoms with Gasteiger partial charge in [0.05, 0.1) is 16.9 Å². The number of aromatic carboxylic acids is 1. The van der Waals surface area contributed by atoms with Crippen molar-refractivity contribution in [1.29, 1.82) is 0 Å². The number of carboxylic acids is 1. The second kappa shape index (κ2) is 9.04. The van der Waals surface area contributed by atoms with E-state index in [4.69, 9.17) is 0 Å². The lowest BCUT2D eigenvalue weighted by Gasteiger charge is -2.07. The molecule has 0 radical (unpaired) electrons. The van der Waals surface area contributed by atoms with Crippen LogP contribution in [-0.4, -0.2) is 38.4 Å². The van der Waals surface area contributed by atoms with E-state index in [9.17, 15) is 14.7 Å². The van der Waals surface area contributed by atoms with E-state index in [-0.39, 0.29) is 17.0 Å². The fraction of sp³-hybridized carbons (Fsp3) is 0. The fourth-order valence-corrected chi connectivity index (χ4v) is 4.09. The van der Waals surface area contributed by atoms with Crippen molar-refractivity contribution in [2.24, 2.45) is 10.2 Å². The van der Waals surface area contributed by atoms with Crippen molar-refractivity contribution in [1.82, 2.24) is 9.97 Å². The summed E-state index contributed by atoms with van der Waals surface area (Å²) in [4.78, 5) is 33.6. The van der Waals surface area contributed by atoms with Crippen molar-refractivity contribution in [3.63, 3.8) is 0 Å². The van der Waals surface area contributed by atoms with Gasteiger partial charge in [0.1, 0.15) is 5.71 Å². The van der Waals surface area contributed by atoms with Gasteiger partial charge in [0.2, 0.25) is 5.13 Å². The third kappa shape index (κ3) is 4.05. The molecule has 34 heavy (non-hydrogen) atoms. The standard InChI is InChI=1S/C24H16N6O3S/c31-22-21(28-27-18-11-5-4-10-17(18)23(32)33)20(16-9-6-12-25-13-16)29-30(22)24-26-19(14-34-24)15-7-2-1-3-8-15/h1-14,27H,(H,32,33)/b28-21-. The molecule has 1 amide bonds. The summed E-state index contributed by atoms with van der Waals surface area (Å²) in [5, 5.41) is 21.6. The molecule has 0 fully saturated rings. The van der Waals surface area contributed by atoms with Crippen molar-refractivity contribution in [3.05, 3.63) is 95.6 Å². The minimum atomic E-state index is -1.11. The molecule has 0 bridgehead atoms. The van der Waals surface area contributed by atoms with E-state index >= 15 is 0 Å². The number of rotatable bonds is 6. The van der Waals surface area contributed by atoms with Crippen molar-refractivity contribution in [2.45, 2.75) is 0 Å². The monoisotopic (exact) mass is 468 g/mol. The predicted octanol–water partition coefficient (Wildman–Crippen LogP) is 4.12. The number of nitrogens with zero attached hydrogens (tertiary/aromatic N) is 5. The van der Waals surface area contributed by atoms with E-state index in [0.29, 0.717) is 16.4 Å². The van der Waals surface area contributed by atoms with Gasteiger partial charge in [-0.15, -0.1) is 11.3 Å². The molecule has 5 rings (SSSR count). The molecule has 1 aliphatic heterocycles. The third-order valence-electron chi connectivity index (χ3n) is 4.94. The number of benzene rings is 2. The highest BCUT2D eigenvalue weighted by atomic mass is 32.1. The Morgan fingerprint density at radius 2 is 1.76 bits per heavy atom. The van der Waals surface area contributed by atoms with Gasteiger partial charge < -0.3 is 5.11 Å². The molecule has 9 nitrogen and oxygen atoms in total. The number of amides is 1. The van der Waals surface area contributed by atoms with Crippen molar-refractivity contribution in [3.8, 4) is 11.3 Å². The number of aromatic nitrogens is 2. The van der Waals surface area contributed by atoms with Crippen LogP contribution in [0.2, 0.25) is 0 Å². The molecule has 0 saturated carbocycles. The number of anilines is 2. The van der Waals surface area contributed by atoms with Crippen molar-refractivity contribution >= 4 is 45.5 Å². The highest BCUT2D eigenvalue weighted by Crippen LogP contribution is 2.30. The molecular weight excluding hydrogens is 452 g/mol. The first kappa shape index (κ1) is 21.2. The average Bonchev–Trinajstić information content (AvgIpc) is 3.49. The van der Waals surface area contributed by atoms with Crippen LogP contribution in [0.3, 0.4) is 0 Å². The van der Waals surface area contributed by atoms with Crippen LogP contribution in [0.1, 0.15) is 15.9 Å². The maximum atomic E-state index is 13.3. The zero-order valence-electron chi connectivity index (χ0n) is 17.5. The Labute approximate surface area is 197 Å². The number of thiazole rings is 1. The quantitative estimate of drug-likeness (QED) is 0.411. The van der Waals surface area contributed by atoms with Gasteiger partial charge in [-0.2, -0.15) is 15.2 Å². The summed E-state index contributed by atoms with van der Waals surface area (Å²) in [6.07, 6.45) is 3.19. The first-order chi connectivity index (χ1) is 16.6. The molecule has 4 aromatic rings. The van der Waals surface area contributed by atoms with E-state index in [2.05, 4.69) is 25.6 Å². The summed E-state index contributed by atoms with van der Waals surface area (Å²) in [5.41, 5.74) is 5.55. The van der Waals surface area contributed by atoms with Gasteiger partial charge in [0, 0.05) is 28.9 Å². The van der Waals surface area contributed by atoms with Gasteiger partial charge in [-0.25, -0.2) is 9.78 Å². The Kier molecular flexibility index (Phi) is 5.63. The van der Waals surface area contributed by atoms with Gasteiger partial charge in [-0.05, 0) is 24.3 Å². The number of hydrogen-bond acceptors (Lipinski definition) is 8. The van der Waals surface area contributed by atoms with Crippen LogP contribution in [0, 0.1) is 0 Å². The lowest BCUT2D eigenvalue weighted by molar-refractivity contribution is -0.112. The first-order valence-electron chi connectivity index (χ1n) is 10.1. The molecule has 2 N–H and O–H groups in total. The lowest BCUT2D eigenvalue weighted by atomic mass is 10.1. The third-order valence-corrected chi connectivity index (χ3v) is 5.76. The van der Waals surface area contributed by atoms with Crippen LogP contribution in [0.5, 0.6) is 0 Å². The number of carbonyl (C=O) groups is 2. The number of nitrogens with one attached hydrogen (secondary N) is 1. The summed E-state index contributed by atoms with van der Waals surface area (Å²) in [6.45, 7) is 0. The van der Waals surface area contributed by atoms with Gasteiger partial charge in [-0.3, -0.25) is 15.2 Å². The van der Waals surface area contributed by atoms with E-state index < -0.39 is 11.9 Å². The number of carbonyl (C=O) groups excluding carboxylic acids is 1. The molecule has 10 heteroatoms. The number of para-hydroxylation sites is 1. The molecule has 166 valence electrons. The van der Waals surface area contributed by atoms with Crippen LogP contribution in [0.15, 0.2) is 94.7 Å². The van der Waals surface area contributed by atoms with Gasteiger partial charge in [0.15, 0.2) is 5.71 Å². The average molecular weight is 468 g/mol. The second-order valence-corrected chi connectivity index (χ2v) is 7.95. The summed E-state index contributed by atoms with van der Waals surface area (Å²) in [5.74, 6) is -1.60. The SMILES string of the molecule is O=C(O)c1ccccc1N/N=C1\C(=O)N(c2nc(-c3ccccc3)cs2)N=C1c1cccnc1. The molecule has 2 aromatic carbocycles. The zero-order chi connectivity index (χ0) is 23.5. The van der Waals surface area contributed by atoms with Crippen molar-refractivity contribution in [2.75, 3.05) is 10.4 Å². The molecular formula is C24H16N6O3S. The van der Waals surface area contributed by atoms with Gasteiger partial charge in [0.25, 0.3) is 0 Å². The zero-order valence-corrected chi connectivity index (χ0v) is 18.3. The highest BCUT2D eigenvalue weighted by Gasteiger charge is 2.36. The van der Waals surface area contributed by atoms with Gasteiger partial charge in [-0.1, -0.05) is 42.5 Å². The first-order valence-corrected chi connectivity index (χ1v) is 11.0. The van der Waals surface area contributed by atoms with E-state index in [1.807, 2.05) is 35.7 Å². The molecule has 2 aromatic heterocycles. The number of pyridine rings is 1. The Morgan fingerprint density at radius 3 is 2.53 bits per heavy atom. The predicted molar refractivity (Wildman–Crippen MR) is 130 cm³/mol. The molecule has 0 atom stereocenters. The summed E-state index contributed by atoms with van der Waals surface area (Å²) >= 11 is 1.28. The Morgan fingerprint density at radius 1 is 1.00 bits per heavy atom. The smallest absolute Gasteiger partial charge is 0.337 e. The Balaban J connectivity index is 1.52. The molecule has 0 aliphatic carbocycles. The largest absolute Gasteiger partial charge is 0.478 e. The minimum absolute atomic E-state index is 0.0182. The Bertz CT molecular complexity index is 1430. The Hall–Kier alpha value is -4.70. The molecule has 0 unspecified atom stereocenters. The normalized spacial score (nSPS) is 14.4. The van der Waals surface area contributed by atoms with Crippen LogP contribution in [0.25, 0.3) is 11.3 Å². The van der Waals surface area contributed by atoms with Gasteiger partial charge >= 0.3 is 11.9 Å². The van der Waals surface area contributed by atoms with Crippen LogP contribution >= 0.6 is 11.3 Å². The topological polar surface area (TPSA) is 120 Å². The second-order valence-electron chi connectivity index (χ2n) is 7.11. The fourth-order valence-electron chi connectivity index (χ4n) is 3.31. The maximum Gasteiger partial charge on any atom is 0.337 e. The van der Waals surface area contributed by atoms with E-state index in [1.54, 1.807) is 42.7 Å². The number of hydrogen-bond donors (Lipinski definition) is 2. The maximum absolute atomic E-state index is 13.3. The van der Waals surface area contributed by atoms with E-state index in [1.165, 1.54) is 22.4 Å². The summed E-state index contributed by atoms with van der Waals surface area (Å²) in [7, 11) is 0. The van der Waals surface area contributed by atoms with E-state index in [0.717, 1.165) is 11.3 Å². The van der Waals surface area contributed by atoms with Crippen molar-refractivity contribution < 1.29 is 14.7 Å².